The Morgan fingerprint density at radius 2 is 1.31 bits per heavy atom. The van der Waals surface area contributed by atoms with Crippen LogP contribution in [0.3, 0.4) is 0 Å². The molecule has 0 aliphatic carbocycles. The second-order valence-corrected chi connectivity index (χ2v) is 15.1. The fourth-order valence-electron chi connectivity index (χ4n) is 1.21. The van der Waals surface area contributed by atoms with Gasteiger partial charge in [-0.15, -0.1) is 0 Å². The first-order chi connectivity index (χ1) is 6.35. The summed E-state index contributed by atoms with van der Waals surface area (Å²) in [7, 11) is 0. The van der Waals surface area contributed by atoms with Crippen LogP contribution in [-0.2, 0) is 0 Å². The zero-order valence-electron chi connectivity index (χ0n) is 9.09. The van der Waals surface area contributed by atoms with Gasteiger partial charge >= 0.3 is 53.8 Å². The topological polar surface area (TPSA) is 0 Å². The second-order valence-electron chi connectivity index (χ2n) is 3.17. The molecule has 1 aromatic rings. The van der Waals surface area contributed by atoms with Gasteiger partial charge in [0, 0.05) is 0 Å². The molecule has 0 aromatic heterocycles. The zero-order chi connectivity index (χ0) is 9.94. The van der Waals surface area contributed by atoms with E-state index in [9.17, 15) is 0 Å². The van der Waals surface area contributed by atoms with Crippen molar-refractivity contribution in [1.29, 1.82) is 0 Å². The molecular formula is C12H21Sn. The van der Waals surface area contributed by atoms with E-state index in [-0.39, 0.29) is 0 Å². The van der Waals surface area contributed by atoms with E-state index in [0.29, 0.717) is 0 Å². The van der Waals surface area contributed by atoms with E-state index in [4.69, 9.17) is 0 Å². The summed E-state index contributed by atoms with van der Waals surface area (Å²) in [6, 6.07) is 12.5. The SMILES string of the molecule is C[CH2][SnH]([CH2]C)[CH2]C.[c]1ccccc1. The molecule has 0 heterocycles. The van der Waals surface area contributed by atoms with Crippen LogP contribution in [0.2, 0.25) is 13.3 Å². The van der Waals surface area contributed by atoms with Crippen LogP contribution in [-0.4, -0.2) is 19.8 Å². The molecule has 73 valence electrons. The molecule has 13 heavy (non-hydrogen) atoms. The summed E-state index contributed by atoms with van der Waals surface area (Å²) in [5.41, 5.74) is 0. The van der Waals surface area contributed by atoms with E-state index in [1.54, 1.807) is 13.3 Å². The Morgan fingerprint density at radius 3 is 1.38 bits per heavy atom. The third-order valence-electron chi connectivity index (χ3n) is 2.34. The van der Waals surface area contributed by atoms with Gasteiger partial charge in [0.05, 0.1) is 0 Å². The second kappa shape index (κ2) is 10.1. The average molecular weight is 284 g/mol. The molecule has 0 spiro atoms. The molecule has 0 atom stereocenters. The van der Waals surface area contributed by atoms with Crippen LogP contribution in [0.1, 0.15) is 20.8 Å². The van der Waals surface area contributed by atoms with Gasteiger partial charge in [-0.25, -0.2) is 0 Å². The quantitative estimate of drug-likeness (QED) is 0.741. The molecular weight excluding hydrogens is 263 g/mol. The molecule has 0 nitrogen and oxygen atoms in total. The Kier molecular flexibility index (Phi) is 10.1. The third-order valence-corrected chi connectivity index (χ3v) is 12.2. The van der Waals surface area contributed by atoms with Crippen molar-refractivity contribution >= 4 is 19.8 Å². The summed E-state index contributed by atoms with van der Waals surface area (Å²) in [6.45, 7) is 7.06. The molecule has 0 fully saturated rings. The first-order valence-corrected chi connectivity index (χ1v) is 12.2. The predicted octanol–water partition coefficient (Wildman–Crippen LogP) is 3.76. The van der Waals surface area contributed by atoms with E-state index in [1.165, 1.54) is 0 Å². The number of hydrogen-bond acceptors (Lipinski definition) is 0. The zero-order valence-corrected chi connectivity index (χ0v) is 12.4. The first kappa shape index (κ1) is 13.0. The van der Waals surface area contributed by atoms with Gasteiger partial charge in [0.2, 0.25) is 0 Å². The van der Waals surface area contributed by atoms with E-state index in [1.807, 2.05) is 30.3 Å². The maximum atomic E-state index is 2.89. The van der Waals surface area contributed by atoms with Crippen LogP contribution in [0.4, 0.5) is 0 Å². The van der Waals surface area contributed by atoms with Crippen molar-refractivity contribution in [2.45, 2.75) is 34.1 Å². The van der Waals surface area contributed by atoms with Crippen LogP contribution in [0.25, 0.3) is 0 Å². The molecule has 0 saturated carbocycles. The molecule has 0 aliphatic heterocycles. The fraction of sp³-hybridized carbons (Fsp3) is 0.500. The Morgan fingerprint density at radius 1 is 0.846 bits per heavy atom. The molecule has 0 bridgehead atoms. The van der Waals surface area contributed by atoms with E-state index in [2.05, 4.69) is 26.8 Å². The summed E-state index contributed by atoms with van der Waals surface area (Å²) < 4.78 is 4.69. The van der Waals surface area contributed by atoms with E-state index < -0.39 is 19.8 Å². The molecule has 1 radical (unpaired) electrons. The minimum atomic E-state index is -0.764. The van der Waals surface area contributed by atoms with Crippen molar-refractivity contribution in [3.63, 3.8) is 0 Å². The van der Waals surface area contributed by atoms with Crippen LogP contribution in [0.5, 0.6) is 0 Å². The Hall–Kier alpha value is 0.0187. The summed E-state index contributed by atoms with van der Waals surface area (Å²) >= 11 is -0.764. The van der Waals surface area contributed by atoms with Gasteiger partial charge in [0.1, 0.15) is 0 Å². The number of benzene rings is 1. The van der Waals surface area contributed by atoms with Gasteiger partial charge in [0.25, 0.3) is 0 Å². The van der Waals surface area contributed by atoms with Crippen molar-refractivity contribution < 1.29 is 0 Å². The van der Waals surface area contributed by atoms with Gasteiger partial charge in [0.15, 0.2) is 0 Å². The van der Waals surface area contributed by atoms with Crippen LogP contribution < -0.4 is 0 Å². The van der Waals surface area contributed by atoms with Crippen molar-refractivity contribution in [3.05, 3.63) is 36.4 Å². The van der Waals surface area contributed by atoms with Crippen molar-refractivity contribution in [2.75, 3.05) is 0 Å². The largest absolute Gasteiger partial charge is 0.0622 e. The molecule has 1 aromatic carbocycles. The summed E-state index contributed by atoms with van der Waals surface area (Å²) in [5.74, 6) is 0. The molecule has 1 rings (SSSR count). The fourth-order valence-corrected chi connectivity index (χ4v) is 6.15. The van der Waals surface area contributed by atoms with Gasteiger partial charge < -0.3 is 0 Å². The Labute approximate surface area is 90.1 Å². The predicted molar refractivity (Wildman–Crippen MR) is 63.9 cm³/mol. The van der Waals surface area contributed by atoms with Gasteiger partial charge in [-0.05, 0) is 6.07 Å². The third kappa shape index (κ3) is 8.35. The Balaban J connectivity index is 0.000000223. The molecule has 1 heteroatoms. The first-order valence-electron chi connectivity index (χ1n) is 5.26. The van der Waals surface area contributed by atoms with E-state index >= 15 is 0 Å². The minimum Gasteiger partial charge on any atom is -0.0622 e. The molecule has 0 amide bonds. The minimum absolute atomic E-state index is 0.764. The smallest absolute Gasteiger partial charge is 0.0184 e. The Bertz CT molecular complexity index is 136. The molecule has 0 unspecified atom stereocenters. The van der Waals surface area contributed by atoms with Crippen molar-refractivity contribution in [2.24, 2.45) is 0 Å². The molecule has 0 N–H and O–H groups in total. The number of rotatable bonds is 3. The normalized spacial score (nSPS) is 9.23. The standard InChI is InChI=1S/C6H5.3C2H5.Sn.H/c1-2-4-6-5-3-1;3*1-2;;/h1-5H;3*1H2,2H3;;. The van der Waals surface area contributed by atoms with Gasteiger partial charge in [-0.2, -0.15) is 0 Å². The molecule has 0 aliphatic rings. The average Bonchev–Trinajstić information content (AvgIpc) is 2.24. The molecule has 0 saturated heterocycles. The maximum Gasteiger partial charge on any atom is -0.0184 e. The van der Waals surface area contributed by atoms with Crippen LogP contribution >= 0.6 is 0 Å². The van der Waals surface area contributed by atoms with Crippen molar-refractivity contribution in [3.8, 4) is 0 Å². The van der Waals surface area contributed by atoms with Crippen LogP contribution in [0.15, 0.2) is 30.3 Å². The van der Waals surface area contributed by atoms with E-state index in [0.717, 1.165) is 0 Å². The maximum absolute atomic E-state index is 2.89. The summed E-state index contributed by atoms with van der Waals surface area (Å²) in [6.07, 6.45) is 0. The van der Waals surface area contributed by atoms with Gasteiger partial charge in [-0.3, -0.25) is 0 Å². The van der Waals surface area contributed by atoms with Crippen molar-refractivity contribution in [1.82, 2.24) is 0 Å². The monoisotopic (exact) mass is 285 g/mol. The number of hydrogen-bond donors (Lipinski definition) is 0. The summed E-state index contributed by atoms with van der Waals surface area (Å²) in [5, 5.41) is 0. The summed E-state index contributed by atoms with van der Waals surface area (Å²) in [4.78, 5) is 0. The van der Waals surface area contributed by atoms with Crippen LogP contribution in [0, 0.1) is 6.07 Å². The van der Waals surface area contributed by atoms with Gasteiger partial charge in [-0.1, -0.05) is 30.3 Å².